The van der Waals surface area contributed by atoms with Crippen molar-refractivity contribution in [1.82, 2.24) is 5.32 Å². The van der Waals surface area contributed by atoms with Gasteiger partial charge in [-0.25, -0.2) is 0 Å². The average Bonchev–Trinajstić information content (AvgIpc) is 2.98. The van der Waals surface area contributed by atoms with Crippen LogP contribution in [0.5, 0.6) is 0 Å². The van der Waals surface area contributed by atoms with Crippen molar-refractivity contribution >= 4 is 44.5 Å². The Balaban J connectivity index is 2.07. The Kier molecular flexibility index (Phi) is 6.71. The van der Waals surface area contributed by atoms with E-state index < -0.39 is 4.92 Å². The van der Waals surface area contributed by atoms with Crippen LogP contribution in [0.2, 0.25) is 0 Å². The number of hydrogen-bond donors (Lipinski definition) is 2. The van der Waals surface area contributed by atoms with E-state index in [9.17, 15) is 14.9 Å². The monoisotopic (exact) mass is 413 g/mol. The summed E-state index contributed by atoms with van der Waals surface area (Å²) in [5.74, 6) is -0.355. The second-order valence-corrected chi connectivity index (χ2v) is 6.73. The SMILES string of the molecule is COCCNc1ccc(C(=O)NCc2cc(Br)cs2)cc1[N+](=O)[O-]. The molecule has 24 heavy (non-hydrogen) atoms. The molecule has 2 aromatic rings. The molecule has 0 saturated heterocycles. The molecule has 0 aliphatic heterocycles. The molecule has 2 N–H and O–H groups in total. The van der Waals surface area contributed by atoms with Gasteiger partial charge >= 0.3 is 0 Å². The maximum atomic E-state index is 12.2. The highest BCUT2D eigenvalue weighted by Gasteiger charge is 2.17. The van der Waals surface area contributed by atoms with Crippen molar-refractivity contribution in [3.63, 3.8) is 0 Å². The van der Waals surface area contributed by atoms with E-state index in [1.807, 2.05) is 11.4 Å². The van der Waals surface area contributed by atoms with E-state index in [0.717, 1.165) is 9.35 Å². The fourth-order valence-corrected chi connectivity index (χ4v) is 3.37. The van der Waals surface area contributed by atoms with Crippen molar-refractivity contribution < 1.29 is 14.5 Å². The van der Waals surface area contributed by atoms with E-state index in [-0.39, 0.29) is 17.2 Å². The van der Waals surface area contributed by atoms with Gasteiger partial charge in [-0.1, -0.05) is 0 Å². The third kappa shape index (κ3) is 5.02. The number of nitrogens with one attached hydrogen (secondary N) is 2. The molecule has 0 fully saturated rings. The number of nitro groups is 1. The molecule has 0 atom stereocenters. The number of rotatable bonds is 8. The summed E-state index contributed by atoms with van der Waals surface area (Å²) in [5, 5.41) is 18.8. The molecular formula is C15H16BrN3O4S. The number of thiophene rings is 1. The molecule has 0 saturated carbocycles. The minimum absolute atomic E-state index is 0.141. The molecule has 0 bridgehead atoms. The summed E-state index contributed by atoms with van der Waals surface area (Å²) >= 11 is 4.87. The predicted molar refractivity (Wildman–Crippen MR) is 96.7 cm³/mol. The van der Waals surface area contributed by atoms with Crippen LogP contribution in [0, 0.1) is 10.1 Å². The van der Waals surface area contributed by atoms with Crippen LogP contribution in [0.3, 0.4) is 0 Å². The van der Waals surface area contributed by atoms with Gasteiger partial charge in [-0.15, -0.1) is 11.3 Å². The minimum atomic E-state index is -0.512. The normalized spacial score (nSPS) is 10.4. The van der Waals surface area contributed by atoms with Crippen molar-refractivity contribution in [3.8, 4) is 0 Å². The van der Waals surface area contributed by atoms with Crippen molar-refractivity contribution in [3.05, 3.63) is 54.7 Å². The largest absolute Gasteiger partial charge is 0.383 e. The Hall–Kier alpha value is -1.97. The summed E-state index contributed by atoms with van der Waals surface area (Å²) in [6.07, 6.45) is 0. The fourth-order valence-electron chi connectivity index (χ4n) is 1.98. The number of benzene rings is 1. The zero-order valence-electron chi connectivity index (χ0n) is 12.9. The highest BCUT2D eigenvalue weighted by Crippen LogP contribution is 2.25. The van der Waals surface area contributed by atoms with Gasteiger partial charge in [0.1, 0.15) is 5.69 Å². The molecule has 1 amide bonds. The van der Waals surface area contributed by atoms with Crippen LogP contribution < -0.4 is 10.6 Å². The first-order chi connectivity index (χ1) is 11.5. The molecule has 1 heterocycles. The topological polar surface area (TPSA) is 93.5 Å². The Bertz CT molecular complexity index is 735. The Labute approximate surface area is 151 Å². The quantitative estimate of drug-likeness (QED) is 0.392. The maximum Gasteiger partial charge on any atom is 0.293 e. The zero-order valence-corrected chi connectivity index (χ0v) is 15.3. The number of nitro benzene ring substituents is 1. The van der Waals surface area contributed by atoms with Gasteiger partial charge in [0.05, 0.1) is 18.1 Å². The summed E-state index contributed by atoms with van der Waals surface area (Å²) in [6, 6.07) is 6.28. The van der Waals surface area contributed by atoms with Crippen molar-refractivity contribution in [2.45, 2.75) is 6.54 Å². The van der Waals surface area contributed by atoms with Gasteiger partial charge in [0.25, 0.3) is 11.6 Å². The first-order valence-corrected chi connectivity index (χ1v) is 8.71. The van der Waals surface area contributed by atoms with Crippen molar-refractivity contribution in [1.29, 1.82) is 0 Å². The summed E-state index contributed by atoms with van der Waals surface area (Å²) in [5.41, 5.74) is 0.461. The molecule has 128 valence electrons. The standard InChI is InChI=1S/C15H16BrN3O4S/c1-23-5-4-17-13-3-2-10(6-14(13)19(21)22)15(20)18-8-12-7-11(16)9-24-12/h2-3,6-7,9,17H,4-5,8H2,1H3,(H,18,20). The number of methoxy groups -OCH3 is 1. The lowest BCUT2D eigenvalue weighted by Crippen LogP contribution is -2.22. The lowest BCUT2D eigenvalue weighted by atomic mass is 10.1. The lowest BCUT2D eigenvalue weighted by Gasteiger charge is -2.08. The molecule has 0 radical (unpaired) electrons. The molecule has 0 spiro atoms. The first-order valence-electron chi connectivity index (χ1n) is 7.03. The van der Waals surface area contributed by atoms with E-state index in [4.69, 9.17) is 4.74 Å². The first kappa shape index (κ1) is 18.4. The molecule has 0 aliphatic carbocycles. The molecule has 1 aromatic heterocycles. The van der Waals surface area contributed by atoms with Crippen LogP contribution in [0.1, 0.15) is 15.2 Å². The lowest BCUT2D eigenvalue weighted by molar-refractivity contribution is -0.384. The van der Waals surface area contributed by atoms with Crippen LogP contribution in [0.15, 0.2) is 34.1 Å². The number of hydrogen-bond acceptors (Lipinski definition) is 6. The number of halogens is 1. The molecule has 0 aliphatic rings. The molecule has 0 unspecified atom stereocenters. The van der Waals surface area contributed by atoms with E-state index in [1.165, 1.54) is 23.5 Å². The van der Waals surface area contributed by atoms with Crippen LogP contribution in [0.25, 0.3) is 0 Å². The number of carbonyl (C=O) groups is 1. The average molecular weight is 414 g/mol. The summed E-state index contributed by atoms with van der Waals surface area (Å²) in [6.45, 7) is 1.24. The van der Waals surface area contributed by atoms with Gasteiger partial charge in [-0.3, -0.25) is 14.9 Å². The third-order valence-corrected chi connectivity index (χ3v) is 4.82. The molecule has 1 aromatic carbocycles. The van der Waals surface area contributed by atoms with Gasteiger partial charge in [-0.2, -0.15) is 0 Å². The van der Waals surface area contributed by atoms with Crippen LogP contribution in [0.4, 0.5) is 11.4 Å². The van der Waals surface area contributed by atoms with Crippen molar-refractivity contribution in [2.24, 2.45) is 0 Å². The smallest absolute Gasteiger partial charge is 0.293 e. The predicted octanol–water partition coefficient (Wildman–Crippen LogP) is 3.41. The Morgan fingerprint density at radius 3 is 2.83 bits per heavy atom. The summed E-state index contributed by atoms with van der Waals surface area (Å²) in [4.78, 5) is 23.9. The van der Waals surface area contributed by atoms with Gasteiger partial charge < -0.3 is 15.4 Å². The van der Waals surface area contributed by atoms with E-state index in [0.29, 0.717) is 25.4 Å². The highest BCUT2D eigenvalue weighted by molar-refractivity contribution is 9.10. The van der Waals surface area contributed by atoms with Gasteiger partial charge in [0.15, 0.2) is 0 Å². The number of anilines is 1. The van der Waals surface area contributed by atoms with E-state index >= 15 is 0 Å². The van der Waals surface area contributed by atoms with Crippen LogP contribution >= 0.6 is 27.3 Å². The Morgan fingerprint density at radius 2 is 2.21 bits per heavy atom. The molecule has 7 nitrogen and oxygen atoms in total. The van der Waals surface area contributed by atoms with Crippen LogP contribution in [-0.4, -0.2) is 31.1 Å². The minimum Gasteiger partial charge on any atom is -0.383 e. The zero-order chi connectivity index (χ0) is 17.5. The molecule has 2 rings (SSSR count). The molecular weight excluding hydrogens is 398 g/mol. The number of amides is 1. The highest BCUT2D eigenvalue weighted by atomic mass is 79.9. The van der Waals surface area contributed by atoms with Gasteiger partial charge in [0.2, 0.25) is 0 Å². The second kappa shape index (κ2) is 8.76. The van der Waals surface area contributed by atoms with Gasteiger partial charge in [0, 0.05) is 40.0 Å². The maximum absolute atomic E-state index is 12.2. The van der Waals surface area contributed by atoms with Crippen LogP contribution in [-0.2, 0) is 11.3 Å². The van der Waals surface area contributed by atoms with Gasteiger partial charge in [-0.05, 0) is 34.1 Å². The molecule has 9 heteroatoms. The second-order valence-electron chi connectivity index (χ2n) is 4.82. The van der Waals surface area contributed by atoms with E-state index in [2.05, 4.69) is 26.6 Å². The van der Waals surface area contributed by atoms with Crippen molar-refractivity contribution in [2.75, 3.05) is 25.6 Å². The number of nitrogens with zero attached hydrogens (tertiary/aromatic N) is 1. The Morgan fingerprint density at radius 1 is 1.42 bits per heavy atom. The summed E-state index contributed by atoms with van der Waals surface area (Å²) in [7, 11) is 1.55. The third-order valence-electron chi connectivity index (χ3n) is 3.12. The summed E-state index contributed by atoms with van der Waals surface area (Å²) < 4.78 is 5.86. The van der Waals surface area contributed by atoms with E-state index in [1.54, 1.807) is 13.2 Å². The fraction of sp³-hybridized carbons (Fsp3) is 0.267. The number of ether oxygens (including phenoxy) is 1. The number of carbonyl (C=O) groups excluding carboxylic acids is 1.